The van der Waals surface area contributed by atoms with Gasteiger partial charge >= 0.3 is 12.2 Å². The molecule has 3 N–H and O–H groups in total. The maximum atomic E-state index is 14.8. The monoisotopic (exact) mass is 726 g/mol. The summed E-state index contributed by atoms with van der Waals surface area (Å²) < 4.78 is 108. The zero-order chi connectivity index (χ0) is 36.4. The number of sulfone groups is 1. The van der Waals surface area contributed by atoms with Crippen LogP contribution in [0.15, 0.2) is 88.7 Å². The number of Topliss-reactive ketones (excluding diaryl/α,β-unsaturated/α-hetero) is 1. The lowest BCUT2D eigenvalue weighted by Crippen LogP contribution is -2.54. The molecule has 17 heteroatoms. The van der Waals surface area contributed by atoms with Gasteiger partial charge in [-0.1, -0.05) is 54.6 Å². The Balaban J connectivity index is 1.49. The summed E-state index contributed by atoms with van der Waals surface area (Å²) in [5.74, 6) is -1.86. The van der Waals surface area contributed by atoms with Crippen molar-refractivity contribution in [2.24, 2.45) is 0 Å². The molecule has 1 aliphatic rings. The van der Waals surface area contributed by atoms with E-state index in [1.54, 1.807) is 6.07 Å². The number of amides is 3. The van der Waals surface area contributed by atoms with Crippen LogP contribution in [0.25, 0.3) is 11.1 Å². The standard InChI is InChI=1S/C32H34F4N4O7S2/c1-31(2,33)17-25(29(42)38-26-18-40(19-27(26)41)30(43)39-49(46,47)24-7-5-4-6-8-24)37-28(32(34,35)36)22-11-9-20(10-12-22)21-13-15-23(16-14-21)48(3,44)45/h4-16,25-26,28,37H,17-19H2,1-3H3,(H,38,42)(H,39,43)/t25-,26?,28-/m0/s1. The number of sulfonamides is 1. The van der Waals surface area contributed by atoms with E-state index in [1.807, 2.05) is 4.72 Å². The van der Waals surface area contributed by atoms with Crippen LogP contribution in [0.4, 0.5) is 22.4 Å². The van der Waals surface area contributed by atoms with Crippen LogP contribution in [0.3, 0.4) is 0 Å². The van der Waals surface area contributed by atoms with E-state index < -0.39 is 87.1 Å². The first-order chi connectivity index (χ1) is 22.6. The Hall–Kier alpha value is -4.35. The van der Waals surface area contributed by atoms with Gasteiger partial charge in [-0.25, -0.2) is 30.7 Å². The fourth-order valence-electron chi connectivity index (χ4n) is 5.13. The predicted octanol–water partition coefficient (Wildman–Crippen LogP) is 3.92. The van der Waals surface area contributed by atoms with Gasteiger partial charge in [0.05, 0.1) is 28.9 Å². The number of carbonyl (C=O) groups excluding carboxylic acids is 3. The van der Waals surface area contributed by atoms with Gasteiger partial charge in [0.1, 0.15) is 17.8 Å². The van der Waals surface area contributed by atoms with Crippen LogP contribution in [0.5, 0.6) is 0 Å². The average Bonchev–Trinajstić information content (AvgIpc) is 3.38. The zero-order valence-electron chi connectivity index (χ0n) is 26.5. The molecule has 0 aliphatic carbocycles. The number of nitrogens with one attached hydrogen (secondary N) is 3. The number of carbonyl (C=O) groups is 3. The molecular weight excluding hydrogens is 692 g/mol. The van der Waals surface area contributed by atoms with Crippen molar-refractivity contribution in [3.63, 3.8) is 0 Å². The second kappa shape index (κ2) is 14.2. The van der Waals surface area contributed by atoms with E-state index in [0.29, 0.717) is 11.1 Å². The first kappa shape index (κ1) is 37.5. The Bertz CT molecular complexity index is 1900. The molecule has 264 valence electrons. The third-order valence-electron chi connectivity index (χ3n) is 7.58. The molecule has 1 saturated heterocycles. The highest BCUT2D eigenvalue weighted by Crippen LogP contribution is 2.35. The van der Waals surface area contributed by atoms with Crippen molar-refractivity contribution in [2.75, 3.05) is 19.3 Å². The van der Waals surface area contributed by atoms with E-state index in [4.69, 9.17) is 0 Å². The molecule has 0 aromatic heterocycles. The number of rotatable bonds is 11. The van der Waals surface area contributed by atoms with E-state index in [2.05, 4.69) is 10.6 Å². The fraction of sp³-hybridized carbons (Fsp3) is 0.344. The van der Waals surface area contributed by atoms with Crippen LogP contribution >= 0.6 is 0 Å². The van der Waals surface area contributed by atoms with Gasteiger partial charge in [-0.05, 0) is 54.8 Å². The number of alkyl halides is 4. The number of nitrogens with zero attached hydrogens (tertiary/aromatic N) is 1. The van der Waals surface area contributed by atoms with Crippen molar-refractivity contribution < 1.29 is 48.8 Å². The molecule has 11 nitrogen and oxygen atoms in total. The number of hydrogen-bond donors (Lipinski definition) is 3. The Labute approximate surface area is 281 Å². The maximum Gasteiger partial charge on any atom is 0.407 e. The third-order valence-corrected chi connectivity index (χ3v) is 10.0. The average molecular weight is 727 g/mol. The third kappa shape index (κ3) is 9.86. The molecule has 3 atom stereocenters. The minimum Gasteiger partial charge on any atom is -0.343 e. The lowest BCUT2D eigenvalue weighted by Gasteiger charge is -2.30. The Morgan fingerprint density at radius 1 is 0.857 bits per heavy atom. The predicted molar refractivity (Wildman–Crippen MR) is 171 cm³/mol. The number of likely N-dealkylation sites (tertiary alicyclic amines) is 1. The summed E-state index contributed by atoms with van der Waals surface area (Å²) in [4.78, 5) is 39.4. The molecule has 3 aromatic rings. The maximum absolute atomic E-state index is 14.8. The highest BCUT2D eigenvalue weighted by molar-refractivity contribution is 7.90. The van der Waals surface area contributed by atoms with Crippen molar-refractivity contribution in [1.82, 2.24) is 20.3 Å². The molecule has 0 bridgehead atoms. The molecule has 1 heterocycles. The van der Waals surface area contributed by atoms with E-state index in [0.717, 1.165) is 25.0 Å². The zero-order valence-corrected chi connectivity index (χ0v) is 28.1. The van der Waals surface area contributed by atoms with Crippen LogP contribution in [-0.4, -0.2) is 82.7 Å². The Kier molecular flexibility index (Phi) is 10.9. The van der Waals surface area contributed by atoms with Gasteiger partial charge in [0.25, 0.3) is 10.0 Å². The highest BCUT2D eigenvalue weighted by atomic mass is 32.2. The van der Waals surface area contributed by atoms with Crippen LogP contribution in [0, 0.1) is 0 Å². The Morgan fingerprint density at radius 3 is 1.92 bits per heavy atom. The lowest BCUT2D eigenvalue weighted by molar-refractivity contribution is -0.161. The van der Waals surface area contributed by atoms with Crippen LogP contribution in [-0.2, 0) is 29.4 Å². The highest BCUT2D eigenvalue weighted by Gasteiger charge is 2.45. The van der Waals surface area contributed by atoms with Crippen LogP contribution < -0.4 is 15.4 Å². The van der Waals surface area contributed by atoms with Gasteiger partial charge in [0.15, 0.2) is 15.6 Å². The van der Waals surface area contributed by atoms with Crippen molar-refractivity contribution in [2.45, 2.75) is 60.0 Å². The SMILES string of the molecule is CC(C)(F)C[C@H](N[C@@H](c1ccc(-c2ccc(S(C)(=O)=O)cc2)cc1)C(F)(F)F)C(=O)NC1CN(C(=O)NS(=O)(=O)c2ccccc2)CC1=O. The van der Waals surface area contributed by atoms with Gasteiger partial charge in [0, 0.05) is 12.7 Å². The molecule has 0 spiro atoms. The molecule has 1 aliphatic heterocycles. The van der Waals surface area contributed by atoms with E-state index in [-0.39, 0.29) is 15.4 Å². The van der Waals surface area contributed by atoms with E-state index in [1.165, 1.54) is 72.8 Å². The summed E-state index contributed by atoms with van der Waals surface area (Å²) in [6.45, 7) is 1.06. The number of ketones is 1. The molecule has 1 fully saturated rings. The second-order valence-corrected chi connectivity index (χ2v) is 15.9. The molecule has 4 rings (SSSR count). The minimum atomic E-state index is -4.96. The van der Waals surface area contributed by atoms with Gasteiger partial charge in [-0.2, -0.15) is 13.2 Å². The quantitative estimate of drug-likeness (QED) is 0.251. The molecule has 3 aromatic carbocycles. The number of benzene rings is 3. The number of urea groups is 1. The summed E-state index contributed by atoms with van der Waals surface area (Å²) in [6, 6.07) is 11.0. The molecule has 3 amide bonds. The number of halogens is 4. The summed E-state index contributed by atoms with van der Waals surface area (Å²) in [5.41, 5.74) is -1.43. The van der Waals surface area contributed by atoms with Crippen molar-refractivity contribution in [3.8, 4) is 11.1 Å². The number of hydrogen-bond acceptors (Lipinski definition) is 8. The molecular formula is C32H34F4N4O7S2. The summed E-state index contributed by atoms with van der Waals surface area (Å²) in [7, 11) is -7.74. The lowest BCUT2D eigenvalue weighted by atomic mass is 9.96. The van der Waals surface area contributed by atoms with Crippen molar-refractivity contribution in [1.29, 1.82) is 0 Å². The van der Waals surface area contributed by atoms with Gasteiger partial charge < -0.3 is 10.2 Å². The van der Waals surface area contributed by atoms with Crippen molar-refractivity contribution in [3.05, 3.63) is 84.4 Å². The normalized spacial score (nSPS) is 17.0. The van der Waals surface area contributed by atoms with Crippen LogP contribution in [0.1, 0.15) is 31.9 Å². The first-order valence-corrected chi connectivity index (χ1v) is 18.1. The topological polar surface area (TPSA) is 159 Å². The molecule has 0 saturated carbocycles. The van der Waals surface area contributed by atoms with Gasteiger partial charge in [-0.15, -0.1) is 0 Å². The Morgan fingerprint density at radius 2 is 1.41 bits per heavy atom. The molecule has 0 radical (unpaired) electrons. The molecule has 49 heavy (non-hydrogen) atoms. The van der Waals surface area contributed by atoms with Gasteiger partial charge in [-0.3, -0.25) is 14.9 Å². The second-order valence-electron chi connectivity index (χ2n) is 12.2. The largest absolute Gasteiger partial charge is 0.407 e. The summed E-state index contributed by atoms with van der Waals surface area (Å²) >= 11 is 0. The van der Waals surface area contributed by atoms with E-state index >= 15 is 0 Å². The minimum absolute atomic E-state index is 0.0700. The smallest absolute Gasteiger partial charge is 0.343 e. The van der Waals surface area contributed by atoms with Crippen LogP contribution in [0.2, 0.25) is 0 Å². The van der Waals surface area contributed by atoms with Gasteiger partial charge in [0.2, 0.25) is 5.91 Å². The molecule has 1 unspecified atom stereocenters. The summed E-state index contributed by atoms with van der Waals surface area (Å²) in [5, 5.41) is 4.48. The fourth-order valence-corrected chi connectivity index (χ4v) is 6.76. The van der Waals surface area contributed by atoms with E-state index in [9.17, 15) is 48.8 Å². The summed E-state index contributed by atoms with van der Waals surface area (Å²) in [6.07, 6.45) is -4.64. The first-order valence-electron chi connectivity index (χ1n) is 14.8. The van der Waals surface area contributed by atoms with Crippen molar-refractivity contribution >= 4 is 37.6 Å².